The first kappa shape index (κ1) is 18.5. The van der Waals surface area contributed by atoms with Crippen LogP contribution in [0.1, 0.15) is 43.7 Å². The number of benzene rings is 1. The van der Waals surface area contributed by atoms with E-state index >= 15 is 0 Å². The van der Waals surface area contributed by atoms with Crippen LogP contribution in [-0.4, -0.2) is 37.4 Å². The number of nitrogens with zero attached hydrogens (tertiary/aromatic N) is 1. The van der Waals surface area contributed by atoms with Gasteiger partial charge in [-0.25, -0.2) is 4.39 Å². The van der Waals surface area contributed by atoms with Gasteiger partial charge in [0.15, 0.2) is 11.6 Å². The molecule has 2 aliphatic rings. The van der Waals surface area contributed by atoms with Crippen LogP contribution in [0.5, 0.6) is 5.75 Å². The molecule has 1 N–H and O–H groups in total. The maximum absolute atomic E-state index is 14.2. The molecule has 1 saturated heterocycles. The maximum atomic E-state index is 14.2. The van der Waals surface area contributed by atoms with Gasteiger partial charge in [0, 0.05) is 32.2 Å². The number of alkyl halides is 3. The fourth-order valence-corrected chi connectivity index (χ4v) is 4.10. The van der Waals surface area contributed by atoms with Gasteiger partial charge in [-0.3, -0.25) is 4.90 Å². The molecule has 1 aromatic carbocycles. The van der Waals surface area contributed by atoms with Crippen molar-refractivity contribution in [3.63, 3.8) is 0 Å². The predicted molar refractivity (Wildman–Crippen MR) is 86.8 cm³/mol. The second kappa shape index (κ2) is 7.91. The Balaban J connectivity index is 1.85. The minimum atomic E-state index is -4.89. The summed E-state index contributed by atoms with van der Waals surface area (Å²) in [4.78, 5) is 2.34. The molecule has 0 unspecified atom stereocenters. The summed E-state index contributed by atoms with van der Waals surface area (Å²) in [6.45, 7) is 3.48. The number of piperazine rings is 1. The van der Waals surface area contributed by atoms with Gasteiger partial charge in [-0.2, -0.15) is 0 Å². The van der Waals surface area contributed by atoms with Crippen LogP contribution in [0.2, 0.25) is 0 Å². The van der Waals surface area contributed by atoms with Crippen molar-refractivity contribution in [2.75, 3.05) is 26.2 Å². The van der Waals surface area contributed by atoms with Crippen LogP contribution in [-0.2, 0) is 0 Å². The molecule has 0 aromatic heterocycles. The van der Waals surface area contributed by atoms with Crippen LogP contribution < -0.4 is 10.1 Å². The number of rotatable bonds is 4. The van der Waals surface area contributed by atoms with Crippen molar-refractivity contribution < 1.29 is 22.3 Å². The second-order valence-corrected chi connectivity index (χ2v) is 6.87. The molecule has 0 radical (unpaired) electrons. The Bertz CT molecular complexity index is 549. The Morgan fingerprint density at radius 2 is 1.76 bits per heavy atom. The maximum Gasteiger partial charge on any atom is 0.573 e. The normalized spacial score (nSPS) is 21.9. The Morgan fingerprint density at radius 1 is 1.08 bits per heavy atom. The van der Waals surface area contributed by atoms with E-state index in [0.717, 1.165) is 63.5 Å². The van der Waals surface area contributed by atoms with Gasteiger partial charge in [0.05, 0.1) is 0 Å². The molecule has 140 valence electrons. The summed E-state index contributed by atoms with van der Waals surface area (Å²) in [6.07, 6.45) is 0.811. The molecular formula is C18H24F4N2O. The Hall–Kier alpha value is -1.34. The lowest BCUT2D eigenvalue weighted by Crippen LogP contribution is -2.47. The summed E-state index contributed by atoms with van der Waals surface area (Å²) in [5.41, 5.74) is 0.751. The van der Waals surface area contributed by atoms with Gasteiger partial charge < -0.3 is 10.1 Å². The first-order valence-corrected chi connectivity index (χ1v) is 8.94. The first-order chi connectivity index (χ1) is 11.9. The number of ether oxygens (including phenoxy) is 1. The van der Waals surface area contributed by atoms with E-state index in [1.807, 2.05) is 0 Å². The van der Waals surface area contributed by atoms with Crippen LogP contribution >= 0.6 is 0 Å². The van der Waals surface area contributed by atoms with Crippen molar-refractivity contribution in [2.45, 2.75) is 44.5 Å². The van der Waals surface area contributed by atoms with Crippen molar-refractivity contribution in [3.05, 3.63) is 29.6 Å². The fraction of sp³-hybridized carbons (Fsp3) is 0.667. The fourth-order valence-electron chi connectivity index (χ4n) is 4.10. The molecule has 3 rings (SSSR count). The van der Waals surface area contributed by atoms with Crippen LogP contribution in [0.25, 0.3) is 0 Å². The van der Waals surface area contributed by atoms with Crippen molar-refractivity contribution in [3.8, 4) is 5.75 Å². The molecule has 0 spiro atoms. The van der Waals surface area contributed by atoms with E-state index in [-0.39, 0.29) is 6.04 Å². The van der Waals surface area contributed by atoms with Gasteiger partial charge >= 0.3 is 6.36 Å². The minimum absolute atomic E-state index is 0.0526. The summed E-state index contributed by atoms with van der Waals surface area (Å²) in [7, 11) is 0. The summed E-state index contributed by atoms with van der Waals surface area (Å²) in [5, 5.41) is 3.31. The molecule has 2 fully saturated rings. The quantitative estimate of drug-likeness (QED) is 0.813. The SMILES string of the molecule is Fc1cc([C@@H](C2CCCCC2)N2CCNCC2)ccc1OC(F)(F)F. The monoisotopic (exact) mass is 360 g/mol. The highest BCUT2D eigenvalue weighted by molar-refractivity contribution is 5.32. The molecule has 7 heteroatoms. The van der Waals surface area contributed by atoms with Gasteiger partial charge in [0.25, 0.3) is 0 Å². The summed E-state index contributed by atoms with van der Waals surface area (Å²) in [6, 6.07) is 3.97. The lowest BCUT2D eigenvalue weighted by molar-refractivity contribution is -0.275. The third-order valence-electron chi connectivity index (χ3n) is 5.16. The van der Waals surface area contributed by atoms with Gasteiger partial charge in [0.2, 0.25) is 0 Å². The van der Waals surface area contributed by atoms with E-state index in [2.05, 4.69) is 15.0 Å². The van der Waals surface area contributed by atoms with Gasteiger partial charge in [-0.1, -0.05) is 25.3 Å². The third-order valence-corrected chi connectivity index (χ3v) is 5.16. The number of halogens is 4. The van der Waals surface area contributed by atoms with Crippen molar-refractivity contribution >= 4 is 0 Å². The van der Waals surface area contributed by atoms with Crippen LogP contribution in [0, 0.1) is 11.7 Å². The lowest BCUT2D eigenvalue weighted by Gasteiger charge is -2.41. The van der Waals surface area contributed by atoms with Crippen LogP contribution in [0.3, 0.4) is 0 Å². The van der Waals surface area contributed by atoms with Gasteiger partial charge in [0.1, 0.15) is 0 Å². The third kappa shape index (κ3) is 4.85. The van der Waals surface area contributed by atoms with Crippen LogP contribution in [0.4, 0.5) is 17.6 Å². The van der Waals surface area contributed by atoms with Gasteiger partial charge in [-0.05, 0) is 36.5 Å². The highest BCUT2D eigenvalue weighted by Gasteiger charge is 2.34. The molecule has 1 aliphatic heterocycles. The number of hydrogen-bond donors (Lipinski definition) is 1. The molecule has 1 heterocycles. The standard InChI is InChI=1S/C18H24F4N2O/c19-15-12-14(6-7-16(15)25-18(20,21)22)17(13-4-2-1-3-5-13)24-10-8-23-9-11-24/h6-7,12-13,17,23H,1-5,8-11H2/t17-/m1/s1. The molecule has 0 amide bonds. The van der Waals surface area contributed by atoms with Gasteiger partial charge in [-0.15, -0.1) is 13.2 Å². The minimum Gasteiger partial charge on any atom is -0.403 e. The lowest BCUT2D eigenvalue weighted by atomic mass is 9.80. The van der Waals surface area contributed by atoms with E-state index < -0.39 is 17.9 Å². The average molecular weight is 360 g/mol. The molecule has 3 nitrogen and oxygen atoms in total. The molecule has 1 aromatic rings. The zero-order chi connectivity index (χ0) is 17.9. The van der Waals surface area contributed by atoms with E-state index in [1.54, 1.807) is 6.07 Å². The largest absolute Gasteiger partial charge is 0.573 e. The molecule has 1 saturated carbocycles. The van der Waals surface area contributed by atoms with Crippen molar-refractivity contribution in [1.29, 1.82) is 0 Å². The Labute approximate surface area is 145 Å². The predicted octanol–water partition coefficient (Wildman–Crippen LogP) is 4.25. The summed E-state index contributed by atoms with van der Waals surface area (Å²) >= 11 is 0. The van der Waals surface area contributed by atoms with E-state index in [0.29, 0.717) is 5.92 Å². The highest BCUT2D eigenvalue weighted by Crippen LogP contribution is 2.39. The first-order valence-electron chi connectivity index (χ1n) is 8.94. The zero-order valence-electron chi connectivity index (χ0n) is 14.1. The highest BCUT2D eigenvalue weighted by atomic mass is 19.4. The molecule has 0 bridgehead atoms. The smallest absolute Gasteiger partial charge is 0.403 e. The van der Waals surface area contributed by atoms with E-state index in [4.69, 9.17) is 0 Å². The van der Waals surface area contributed by atoms with Crippen molar-refractivity contribution in [1.82, 2.24) is 10.2 Å². The Kier molecular flexibility index (Phi) is 5.84. The number of hydrogen-bond acceptors (Lipinski definition) is 3. The van der Waals surface area contributed by atoms with Crippen LogP contribution in [0.15, 0.2) is 18.2 Å². The summed E-state index contributed by atoms with van der Waals surface area (Å²) in [5.74, 6) is -1.30. The second-order valence-electron chi connectivity index (χ2n) is 6.87. The molecular weight excluding hydrogens is 336 g/mol. The number of nitrogens with one attached hydrogen (secondary N) is 1. The molecule has 25 heavy (non-hydrogen) atoms. The van der Waals surface area contributed by atoms with Crippen molar-refractivity contribution in [2.24, 2.45) is 5.92 Å². The Morgan fingerprint density at radius 3 is 2.36 bits per heavy atom. The zero-order valence-corrected chi connectivity index (χ0v) is 14.1. The van der Waals surface area contributed by atoms with E-state index in [1.165, 1.54) is 12.5 Å². The molecule has 1 aliphatic carbocycles. The van der Waals surface area contributed by atoms with E-state index in [9.17, 15) is 17.6 Å². The summed E-state index contributed by atoms with van der Waals surface area (Å²) < 4.78 is 55.1. The average Bonchev–Trinajstić information content (AvgIpc) is 2.58. The topological polar surface area (TPSA) is 24.5 Å². The molecule has 1 atom stereocenters.